The summed E-state index contributed by atoms with van der Waals surface area (Å²) in [5.74, 6) is 2.39. The van der Waals surface area contributed by atoms with Gasteiger partial charge in [0.05, 0.1) is 10.2 Å². The molecule has 32 heavy (non-hydrogen) atoms. The number of anilines is 1. The third-order valence-electron chi connectivity index (χ3n) is 5.31. The largest absolute Gasteiger partial charge is 0.369 e. The van der Waals surface area contributed by atoms with Gasteiger partial charge in [-0.05, 0) is 30.5 Å². The number of benzene rings is 1. The Morgan fingerprint density at radius 1 is 1.03 bits per heavy atom. The standard InChI is InChI=1S/C25H23N5OS/c1-2-19-15-21(30-31-19)20-16-32-23-22(20)28-24(18-10-13-26-14-11-18)29-25(23)27-12-6-9-17-7-4-3-5-8-17/h3-5,7-8,10-11,13-16H,2,6,9,12H2,1H3,(H,27,28,29). The van der Waals surface area contributed by atoms with E-state index in [9.17, 15) is 0 Å². The fourth-order valence-electron chi connectivity index (χ4n) is 3.60. The van der Waals surface area contributed by atoms with Gasteiger partial charge in [-0.2, -0.15) is 0 Å². The van der Waals surface area contributed by atoms with E-state index in [4.69, 9.17) is 14.5 Å². The number of fused-ring (bicyclic) bond motifs is 1. The maximum atomic E-state index is 5.44. The lowest BCUT2D eigenvalue weighted by molar-refractivity contribution is 0.389. The van der Waals surface area contributed by atoms with Gasteiger partial charge in [-0.15, -0.1) is 11.3 Å². The van der Waals surface area contributed by atoms with Gasteiger partial charge in [0.1, 0.15) is 17.3 Å². The summed E-state index contributed by atoms with van der Waals surface area (Å²) < 4.78 is 6.47. The van der Waals surface area contributed by atoms with Crippen LogP contribution in [0.3, 0.4) is 0 Å². The fourth-order valence-corrected chi connectivity index (χ4v) is 4.57. The molecule has 0 aliphatic rings. The number of thiophene rings is 1. The Balaban J connectivity index is 1.47. The van der Waals surface area contributed by atoms with Gasteiger partial charge >= 0.3 is 0 Å². The Hall–Kier alpha value is -3.58. The van der Waals surface area contributed by atoms with Crippen molar-refractivity contribution < 1.29 is 4.52 Å². The Morgan fingerprint density at radius 3 is 2.66 bits per heavy atom. The molecule has 0 fully saturated rings. The summed E-state index contributed by atoms with van der Waals surface area (Å²) in [6.07, 6.45) is 6.36. The summed E-state index contributed by atoms with van der Waals surface area (Å²) in [6, 6.07) is 16.4. The van der Waals surface area contributed by atoms with Crippen molar-refractivity contribution in [1.82, 2.24) is 20.1 Å². The van der Waals surface area contributed by atoms with Crippen LogP contribution in [0.2, 0.25) is 0 Å². The molecule has 160 valence electrons. The van der Waals surface area contributed by atoms with Crippen LogP contribution in [0.5, 0.6) is 0 Å². The van der Waals surface area contributed by atoms with Crippen molar-refractivity contribution in [3.63, 3.8) is 0 Å². The average Bonchev–Trinajstić information content (AvgIpc) is 3.50. The predicted octanol–water partition coefficient (Wildman–Crippen LogP) is 6.02. The highest BCUT2D eigenvalue weighted by Crippen LogP contribution is 2.37. The Morgan fingerprint density at radius 2 is 1.88 bits per heavy atom. The van der Waals surface area contributed by atoms with Crippen LogP contribution in [0.25, 0.3) is 32.9 Å². The molecule has 0 saturated heterocycles. The van der Waals surface area contributed by atoms with E-state index in [0.29, 0.717) is 5.82 Å². The molecule has 0 saturated carbocycles. The smallest absolute Gasteiger partial charge is 0.162 e. The molecule has 0 aliphatic carbocycles. The Kier molecular flexibility index (Phi) is 5.89. The molecule has 0 unspecified atom stereocenters. The molecule has 0 radical (unpaired) electrons. The number of aromatic nitrogens is 4. The first kappa shape index (κ1) is 20.3. The lowest BCUT2D eigenvalue weighted by Crippen LogP contribution is -2.06. The molecule has 5 aromatic rings. The van der Waals surface area contributed by atoms with Gasteiger partial charge in [0.2, 0.25) is 0 Å². The van der Waals surface area contributed by atoms with Gasteiger partial charge in [0.25, 0.3) is 0 Å². The van der Waals surface area contributed by atoms with Crippen molar-refractivity contribution in [3.8, 4) is 22.6 Å². The summed E-state index contributed by atoms with van der Waals surface area (Å²) in [5, 5.41) is 9.90. The van der Waals surface area contributed by atoms with Crippen molar-refractivity contribution in [2.24, 2.45) is 0 Å². The van der Waals surface area contributed by atoms with Crippen LogP contribution in [0.15, 0.2) is 70.8 Å². The summed E-state index contributed by atoms with van der Waals surface area (Å²) in [5.41, 5.74) is 4.94. The maximum Gasteiger partial charge on any atom is 0.162 e. The lowest BCUT2D eigenvalue weighted by atomic mass is 10.1. The number of pyridine rings is 1. The summed E-state index contributed by atoms with van der Waals surface area (Å²) in [6.45, 7) is 2.88. The van der Waals surface area contributed by atoms with Crippen LogP contribution in [-0.2, 0) is 12.8 Å². The third kappa shape index (κ3) is 4.24. The maximum absolute atomic E-state index is 5.44. The van der Waals surface area contributed by atoms with Gasteiger partial charge in [0.15, 0.2) is 5.82 Å². The van der Waals surface area contributed by atoms with Crippen LogP contribution < -0.4 is 5.32 Å². The molecule has 0 spiro atoms. The summed E-state index contributed by atoms with van der Waals surface area (Å²) >= 11 is 1.63. The third-order valence-corrected chi connectivity index (χ3v) is 6.29. The molecule has 0 aliphatic heterocycles. The molecule has 7 heteroatoms. The number of aryl methyl sites for hydroxylation is 2. The molecule has 0 amide bonds. The zero-order chi connectivity index (χ0) is 21.8. The van der Waals surface area contributed by atoms with E-state index in [1.54, 1.807) is 23.7 Å². The van der Waals surface area contributed by atoms with E-state index in [-0.39, 0.29) is 0 Å². The van der Waals surface area contributed by atoms with Gasteiger partial charge in [-0.3, -0.25) is 4.98 Å². The van der Waals surface area contributed by atoms with Crippen molar-refractivity contribution in [3.05, 3.63) is 77.6 Å². The van der Waals surface area contributed by atoms with E-state index in [2.05, 4.69) is 52.0 Å². The molecule has 1 N–H and O–H groups in total. The molecule has 6 nitrogen and oxygen atoms in total. The molecule has 1 aromatic carbocycles. The Labute approximate surface area is 190 Å². The number of nitrogens with one attached hydrogen (secondary N) is 1. The highest BCUT2D eigenvalue weighted by molar-refractivity contribution is 7.18. The van der Waals surface area contributed by atoms with Crippen LogP contribution in [0, 0.1) is 0 Å². The van der Waals surface area contributed by atoms with E-state index in [0.717, 1.165) is 64.4 Å². The average molecular weight is 442 g/mol. The second-order valence-electron chi connectivity index (χ2n) is 7.51. The van der Waals surface area contributed by atoms with Crippen molar-refractivity contribution in [2.45, 2.75) is 26.2 Å². The van der Waals surface area contributed by atoms with E-state index in [1.165, 1.54) is 5.56 Å². The minimum Gasteiger partial charge on any atom is -0.369 e. The quantitative estimate of drug-likeness (QED) is 0.297. The molecule has 4 aromatic heterocycles. The Bertz CT molecular complexity index is 1310. The lowest BCUT2D eigenvalue weighted by Gasteiger charge is -2.09. The van der Waals surface area contributed by atoms with Crippen molar-refractivity contribution in [1.29, 1.82) is 0 Å². The zero-order valence-electron chi connectivity index (χ0n) is 17.8. The molecule has 0 atom stereocenters. The topological polar surface area (TPSA) is 76.7 Å². The summed E-state index contributed by atoms with van der Waals surface area (Å²) in [4.78, 5) is 13.9. The number of hydrogen-bond acceptors (Lipinski definition) is 7. The van der Waals surface area contributed by atoms with Crippen molar-refractivity contribution >= 4 is 27.4 Å². The van der Waals surface area contributed by atoms with Crippen molar-refractivity contribution in [2.75, 3.05) is 11.9 Å². The van der Waals surface area contributed by atoms with Gasteiger partial charge in [-0.1, -0.05) is 42.4 Å². The van der Waals surface area contributed by atoms with Crippen LogP contribution in [-0.4, -0.2) is 26.7 Å². The molecule has 5 rings (SSSR count). The zero-order valence-corrected chi connectivity index (χ0v) is 18.6. The molecule has 4 heterocycles. The second-order valence-corrected chi connectivity index (χ2v) is 8.39. The number of rotatable bonds is 8. The summed E-state index contributed by atoms with van der Waals surface area (Å²) in [7, 11) is 0. The predicted molar refractivity (Wildman–Crippen MR) is 129 cm³/mol. The van der Waals surface area contributed by atoms with E-state index in [1.807, 2.05) is 24.3 Å². The molecular weight excluding hydrogens is 418 g/mol. The molecule has 0 bridgehead atoms. The van der Waals surface area contributed by atoms with Gasteiger partial charge in [-0.25, -0.2) is 9.97 Å². The minimum atomic E-state index is 0.671. The highest BCUT2D eigenvalue weighted by Gasteiger charge is 2.18. The first-order chi connectivity index (χ1) is 15.8. The van der Waals surface area contributed by atoms with E-state index >= 15 is 0 Å². The normalized spacial score (nSPS) is 11.2. The van der Waals surface area contributed by atoms with Crippen LogP contribution in [0.1, 0.15) is 24.7 Å². The van der Waals surface area contributed by atoms with Gasteiger partial charge < -0.3 is 9.84 Å². The number of nitrogens with zero attached hydrogens (tertiary/aromatic N) is 4. The first-order valence-electron chi connectivity index (χ1n) is 10.7. The fraction of sp³-hybridized carbons (Fsp3) is 0.200. The van der Waals surface area contributed by atoms with E-state index < -0.39 is 0 Å². The monoisotopic (exact) mass is 441 g/mol. The number of hydrogen-bond donors (Lipinski definition) is 1. The van der Waals surface area contributed by atoms with Crippen LogP contribution in [0.4, 0.5) is 5.82 Å². The SMILES string of the molecule is CCc1cc(-c2csc3c(NCCCc4ccccc4)nc(-c4ccncc4)nc23)no1. The highest BCUT2D eigenvalue weighted by atomic mass is 32.1. The minimum absolute atomic E-state index is 0.671. The first-order valence-corrected chi connectivity index (χ1v) is 11.6. The van der Waals surface area contributed by atoms with Crippen LogP contribution >= 0.6 is 11.3 Å². The second kappa shape index (κ2) is 9.28. The molecular formula is C25H23N5OS. The van der Waals surface area contributed by atoms with Gasteiger partial charge in [0, 0.05) is 47.9 Å².